The maximum Gasteiger partial charge on any atom is 0.416 e. The number of carbonyl (C=O) groups is 2. The fourth-order valence-electron chi connectivity index (χ4n) is 4.73. The minimum Gasteiger partial charge on any atom is -0.353 e. The summed E-state index contributed by atoms with van der Waals surface area (Å²) in [6.07, 6.45) is -4.52. The summed E-state index contributed by atoms with van der Waals surface area (Å²) in [5.41, 5.74) is 0.666. The van der Waals surface area contributed by atoms with Gasteiger partial charge in [-0.3, -0.25) is 4.79 Å². The zero-order chi connectivity index (χ0) is 32.5. The smallest absolute Gasteiger partial charge is 0.353 e. The molecule has 4 aromatic rings. The van der Waals surface area contributed by atoms with Crippen LogP contribution in [0.3, 0.4) is 0 Å². The number of aryl methyl sites for hydroxylation is 1. The Labute approximate surface area is 255 Å². The van der Waals surface area contributed by atoms with Crippen molar-refractivity contribution in [2.45, 2.75) is 19.6 Å². The first-order valence-corrected chi connectivity index (χ1v) is 13.7. The van der Waals surface area contributed by atoms with Crippen LogP contribution < -0.4 is 20.9 Å². The van der Waals surface area contributed by atoms with Crippen molar-refractivity contribution in [2.75, 3.05) is 42.7 Å². The predicted molar refractivity (Wildman–Crippen MR) is 159 cm³/mol. The van der Waals surface area contributed by atoms with E-state index in [9.17, 15) is 31.5 Å². The molecule has 0 saturated heterocycles. The lowest BCUT2D eigenvalue weighted by Crippen LogP contribution is -2.43. The number of alkyl halides is 3. The van der Waals surface area contributed by atoms with E-state index in [0.29, 0.717) is 35.5 Å². The maximum atomic E-state index is 15.0. The Bertz CT molecular complexity index is 1740. The van der Waals surface area contributed by atoms with Crippen LogP contribution in [0.1, 0.15) is 27.0 Å². The number of hydrogen-bond donors (Lipinski definition) is 3. The third-order valence-electron chi connectivity index (χ3n) is 7.04. The van der Waals surface area contributed by atoms with Gasteiger partial charge in [-0.1, -0.05) is 12.1 Å². The molecule has 0 fully saturated rings. The minimum atomic E-state index is -4.52. The second-order valence-electron chi connectivity index (χ2n) is 10.6. The van der Waals surface area contributed by atoms with E-state index < -0.39 is 41.0 Å². The van der Waals surface area contributed by atoms with Crippen molar-refractivity contribution >= 4 is 35.1 Å². The van der Waals surface area contributed by atoms with Crippen LogP contribution in [0, 0.1) is 18.6 Å². The molecule has 0 saturated carbocycles. The van der Waals surface area contributed by atoms with Gasteiger partial charge in [0.15, 0.2) is 5.82 Å². The Hall–Kier alpha value is -5.11. The van der Waals surface area contributed by atoms with Crippen molar-refractivity contribution in [3.05, 3.63) is 94.6 Å². The van der Waals surface area contributed by atoms with Crippen molar-refractivity contribution < 1.29 is 31.5 Å². The maximum absolute atomic E-state index is 15.0. The predicted octanol–water partition coefficient (Wildman–Crippen LogP) is 6.34. The summed E-state index contributed by atoms with van der Waals surface area (Å²) in [6.45, 7) is 2.70. The molecular weight excluding hydrogens is 597 g/mol. The van der Waals surface area contributed by atoms with Gasteiger partial charge in [0.1, 0.15) is 17.3 Å². The molecule has 3 N–H and O–H groups in total. The van der Waals surface area contributed by atoms with Crippen LogP contribution in [0.2, 0.25) is 0 Å². The number of benzene rings is 3. The van der Waals surface area contributed by atoms with Crippen molar-refractivity contribution in [3.63, 3.8) is 0 Å². The summed E-state index contributed by atoms with van der Waals surface area (Å²) in [4.78, 5) is 38.2. The van der Waals surface area contributed by atoms with Gasteiger partial charge < -0.3 is 20.9 Å². The lowest BCUT2D eigenvalue weighted by Gasteiger charge is -2.31. The molecule has 3 amide bonds. The number of likely N-dealkylation sites (N-methyl/N-ethyl adjacent to an activating group) is 1. The normalized spacial score (nSPS) is 13.0. The lowest BCUT2D eigenvalue weighted by atomic mass is 9.97. The van der Waals surface area contributed by atoms with Gasteiger partial charge in [0.25, 0.3) is 5.91 Å². The molecule has 0 unspecified atom stereocenters. The topological polar surface area (TPSA) is 102 Å². The Morgan fingerprint density at radius 2 is 1.71 bits per heavy atom. The first-order chi connectivity index (χ1) is 21.3. The Balaban J connectivity index is 1.58. The van der Waals surface area contributed by atoms with Crippen LogP contribution in [0.25, 0.3) is 11.3 Å². The van der Waals surface area contributed by atoms with E-state index in [1.165, 1.54) is 6.07 Å². The molecule has 0 spiro atoms. The van der Waals surface area contributed by atoms with Gasteiger partial charge >= 0.3 is 12.2 Å². The molecule has 1 aliphatic rings. The lowest BCUT2D eigenvalue weighted by molar-refractivity contribution is -0.137. The number of para-hydroxylation sites is 1. The number of fused-ring (bicyclic) bond motifs is 1. The number of anilines is 4. The standard InChI is InChI=1S/C31H28F5N7O2/c1-17-7-8-18(28(44)39-20-11-9-19(10-12-20)31(34,35)36)15-21(17)25-22-16-38-30(45)43(26-23(32)5-4-6-24(26)33)27(22)41-29(40-25)37-13-14-42(2)3/h4-12,15H,13-14,16H2,1-3H3,(H,38,45)(H,39,44)(H,37,40,41). The molecule has 3 aromatic carbocycles. The van der Waals surface area contributed by atoms with Gasteiger partial charge in [-0.15, -0.1) is 0 Å². The molecule has 14 heteroatoms. The summed E-state index contributed by atoms with van der Waals surface area (Å²) in [7, 11) is 3.75. The molecule has 234 valence electrons. The highest BCUT2D eigenvalue weighted by Crippen LogP contribution is 2.39. The number of hydrogen-bond acceptors (Lipinski definition) is 6. The number of halogens is 5. The highest BCUT2D eigenvalue weighted by molar-refractivity contribution is 6.06. The van der Waals surface area contributed by atoms with E-state index in [4.69, 9.17) is 0 Å². The summed E-state index contributed by atoms with van der Waals surface area (Å²) in [5, 5.41) is 8.30. The Kier molecular flexibility index (Phi) is 8.68. The fraction of sp³-hybridized carbons (Fsp3) is 0.226. The van der Waals surface area contributed by atoms with Crippen LogP contribution in [0.4, 0.5) is 49.9 Å². The average Bonchev–Trinajstić information content (AvgIpc) is 2.97. The molecule has 1 aromatic heterocycles. The average molecular weight is 626 g/mol. The molecule has 45 heavy (non-hydrogen) atoms. The number of rotatable bonds is 8. The largest absolute Gasteiger partial charge is 0.416 e. The van der Waals surface area contributed by atoms with E-state index in [0.717, 1.165) is 41.3 Å². The molecule has 5 rings (SSSR count). The van der Waals surface area contributed by atoms with Crippen LogP contribution in [-0.4, -0.2) is 54.0 Å². The van der Waals surface area contributed by atoms with Gasteiger partial charge in [-0.05, 0) is 75.1 Å². The minimum absolute atomic E-state index is 0.0425. The van der Waals surface area contributed by atoms with E-state index in [1.54, 1.807) is 25.1 Å². The summed E-state index contributed by atoms with van der Waals surface area (Å²) >= 11 is 0. The summed E-state index contributed by atoms with van der Waals surface area (Å²) < 4.78 is 68.8. The number of amides is 3. The van der Waals surface area contributed by atoms with Gasteiger partial charge in [0.2, 0.25) is 5.95 Å². The highest BCUT2D eigenvalue weighted by atomic mass is 19.4. The second kappa shape index (κ2) is 12.5. The van der Waals surface area contributed by atoms with Crippen LogP contribution in [0.15, 0.2) is 60.7 Å². The number of urea groups is 1. The zero-order valence-electron chi connectivity index (χ0n) is 24.4. The van der Waals surface area contributed by atoms with E-state index in [-0.39, 0.29) is 29.6 Å². The first kappa shape index (κ1) is 31.3. The Morgan fingerprint density at radius 3 is 2.36 bits per heavy atom. The monoisotopic (exact) mass is 625 g/mol. The molecule has 1 aliphatic heterocycles. The molecule has 0 aliphatic carbocycles. The third kappa shape index (κ3) is 6.70. The second-order valence-corrected chi connectivity index (χ2v) is 10.6. The van der Waals surface area contributed by atoms with E-state index in [1.807, 2.05) is 19.0 Å². The van der Waals surface area contributed by atoms with E-state index in [2.05, 4.69) is 25.9 Å². The van der Waals surface area contributed by atoms with E-state index >= 15 is 0 Å². The molecule has 0 atom stereocenters. The highest BCUT2D eigenvalue weighted by Gasteiger charge is 2.34. The third-order valence-corrected chi connectivity index (χ3v) is 7.04. The molecule has 0 bridgehead atoms. The summed E-state index contributed by atoms with van der Waals surface area (Å²) in [6, 6.07) is 11.2. The van der Waals surface area contributed by atoms with Gasteiger partial charge in [0.05, 0.1) is 17.8 Å². The number of carbonyl (C=O) groups excluding carboxylic acids is 2. The number of nitrogens with one attached hydrogen (secondary N) is 3. The molecular formula is C31H28F5N7O2. The SMILES string of the molecule is Cc1ccc(C(=O)Nc2ccc(C(F)(F)F)cc2)cc1-c1nc(NCCN(C)C)nc2c1CNC(=O)N2c1c(F)cccc1F. The quantitative estimate of drug-likeness (QED) is 0.198. The van der Waals surface area contributed by atoms with Crippen molar-refractivity contribution in [1.82, 2.24) is 20.2 Å². The summed E-state index contributed by atoms with van der Waals surface area (Å²) in [5.74, 6) is -2.50. The van der Waals surface area contributed by atoms with Crippen molar-refractivity contribution in [2.24, 2.45) is 0 Å². The number of aromatic nitrogens is 2. The number of nitrogens with zero attached hydrogens (tertiary/aromatic N) is 4. The molecule has 9 nitrogen and oxygen atoms in total. The van der Waals surface area contributed by atoms with Gasteiger partial charge in [-0.25, -0.2) is 23.5 Å². The van der Waals surface area contributed by atoms with Crippen LogP contribution in [0.5, 0.6) is 0 Å². The van der Waals surface area contributed by atoms with Crippen molar-refractivity contribution in [3.8, 4) is 11.3 Å². The van der Waals surface area contributed by atoms with Crippen LogP contribution in [-0.2, 0) is 12.7 Å². The fourth-order valence-corrected chi connectivity index (χ4v) is 4.73. The zero-order valence-corrected chi connectivity index (χ0v) is 24.4. The van der Waals surface area contributed by atoms with Crippen LogP contribution >= 0.6 is 0 Å². The van der Waals surface area contributed by atoms with Crippen molar-refractivity contribution in [1.29, 1.82) is 0 Å². The molecule has 2 heterocycles. The Morgan fingerprint density at radius 1 is 1.02 bits per heavy atom. The first-order valence-electron chi connectivity index (χ1n) is 13.7. The van der Waals surface area contributed by atoms with Gasteiger partial charge in [0, 0.05) is 35.5 Å². The molecule has 0 radical (unpaired) electrons. The van der Waals surface area contributed by atoms with Gasteiger partial charge in [-0.2, -0.15) is 18.2 Å².